The molecule has 0 saturated heterocycles. The molecule has 0 spiro atoms. The Morgan fingerprint density at radius 1 is 1.41 bits per heavy atom. The molecule has 0 aliphatic heterocycles. The zero-order chi connectivity index (χ0) is 12.3. The maximum atomic E-state index is 12.1. The third kappa shape index (κ3) is 2.39. The van der Waals surface area contributed by atoms with E-state index in [9.17, 15) is 4.79 Å². The Balaban J connectivity index is 2.29. The Morgan fingerprint density at radius 3 is 2.94 bits per heavy atom. The standard InChI is InChI=1S/C12H18N4O/c1-3-10(13-4-2)9-15-7-8-16-11(12(15)17)5-6-14-16/h5-8,10,13H,3-4,9H2,1-2H3. The van der Waals surface area contributed by atoms with E-state index in [1.807, 2.05) is 6.20 Å². The smallest absolute Gasteiger partial charge is 0.276 e. The number of fused-ring (bicyclic) bond motifs is 1. The van der Waals surface area contributed by atoms with Crippen LogP contribution < -0.4 is 10.9 Å². The zero-order valence-corrected chi connectivity index (χ0v) is 10.3. The second-order valence-corrected chi connectivity index (χ2v) is 4.08. The van der Waals surface area contributed by atoms with E-state index in [-0.39, 0.29) is 5.56 Å². The summed E-state index contributed by atoms with van der Waals surface area (Å²) in [5, 5.41) is 7.41. The molecule has 2 rings (SSSR count). The molecule has 0 amide bonds. The summed E-state index contributed by atoms with van der Waals surface area (Å²) < 4.78 is 3.35. The molecular weight excluding hydrogens is 216 g/mol. The van der Waals surface area contributed by atoms with Gasteiger partial charge in [0.2, 0.25) is 0 Å². The van der Waals surface area contributed by atoms with Crippen LogP contribution in [0.4, 0.5) is 0 Å². The van der Waals surface area contributed by atoms with Crippen LogP contribution in [0, 0.1) is 0 Å². The van der Waals surface area contributed by atoms with E-state index < -0.39 is 0 Å². The fraction of sp³-hybridized carbons (Fsp3) is 0.500. The van der Waals surface area contributed by atoms with Crippen molar-refractivity contribution in [3.63, 3.8) is 0 Å². The number of nitrogens with zero attached hydrogens (tertiary/aromatic N) is 3. The normalized spacial score (nSPS) is 13.1. The van der Waals surface area contributed by atoms with E-state index in [0.29, 0.717) is 18.1 Å². The van der Waals surface area contributed by atoms with Crippen LogP contribution in [0.15, 0.2) is 29.5 Å². The first-order valence-corrected chi connectivity index (χ1v) is 6.02. The second-order valence-electron chi connectivity index (χ2n) is 4.08. The Bertz CT molecular complexity index is 543. The molecule has 5 nitrogen and oxygen atoms in total. The lowest BCUT2D eigenvalue weighted by molar-refractivity contribution is 0.440. The first kappa shape index (κ1) is 11.9. The van der Waals surface area contributed by atoms with Gasteiger partial charge in [-0.3, -0.25) is 4.79 Å². The minimum Gasteiger partial charge on any atom is -0.312 e. The predicted molar refractivity (Wildman–Crippen MR) is 67.2 cm³/mol. The van der Waals surface area contributed by atoms with Crippen LogP contribution in [-0.2, 0) is 6.54 Å². The van der Waals surface area contributed by atoms with E-state index in [2.05, 4.69) is 24.3 Å². The first-order chi connectivity index (χ1) is 8.26. The van der Waals surface area contributed by atoms with Crippen molar-refractivity contribution in [2.45, 2.75) is 32.9 Å². The van der Waals surface area contributed by atoms with Gasteiger partial charge < -0.3 is 9.88 Å². The van der Waals surface area contributed by atoms with Crippen LogP contribution in [0.2, 0.25) is 0 Å². The van der Waals surface area contributed by atoms with E-state index >= 15 is 0 Å². The summed E-state index contributed by atoms with van der Waals surface area (Å²) in [6.45, 7) is 5.81. The second kappa shape index (κ2) is 5.14. The van der Waals surface area contributed by atoms with Gasteiger partial charge in [0.25, 0.3) is 5.56 Å². The van der Waals surface area contributed by atoms with Gasteiger partial charge in [0.15, 0.2) is 0 Å². The topological polar surface area (TPSA) is 51.3 Å². The highest BCUT2D eigenvalue weighted by Gasteiger charge is 2.08. The van der Waals surface area contributed by atoms with Crippen molar-refractivity contribution in [1.29, 1.82) is 0 Å². The maximum Gasteiger partial charge on any atom is 0.276 e. The van der Waals surface area contributed by atoms with Crippen molar-refractivity contribution in [2.24, 2.45) is 0 Å². The minimum absolute atomic E-state index is 0.0151. The fourth-order valence-corrected chi connectivity index (χ4v) is 1.97. The van der Waals surface area contributed by atoms with E-state index in [1.165, 1.54) is 0 Å². The lowest BCUT2D eigenvalue weighted by atomic mass is 10.2. The van der Waals surface area contributed by atoms with Crippen molar-refractivity contribution in [2.75, 3.05) is 6.54 Å². The van der Waals surface area contributed by atoms with Crippen molar-refractivity contribution in [1.82, 2.24) is 19.5 Å². The number of nitrogens with one attached hydrogen (secondary N) is 1. The van der Waals surface area contributed by atoms with Gasteiger partial charge in [-0.1, -0.05) is 13.8 Å². The molecule has 0 bridgehead atoms. The number of rotatable bonds is 5. The average molecular weight is 234 g/mol. The van der Waals surface area contributed by atoms with E-state index in [4.69, 9.17) is 0 Å². The summed E-state index contributed by atoms with van der Waals surface area (Å²) in [7, 11) is 0. The fourth-order valence-electron chi connectivity index (χ4n) is 1.97. The largest absolute Gasteiger partial charge is 0.312 e. The van der Waals surface area contributed by atoms with Crippen LogP contribution in [0.1, 0.15) is 20.3 Å². The van der Waals surface area contributed by atoms with Gasteiger partial charge >= 0.3 is 0 Å². The van der Waals surface area contributed by atoms with Crippen LogP contribution in [0.3, 0.4) is 0 Å². The minimum atomic E-state index is 0.0151. The van der Waals surface area contributed by atoms with Gasteiger partial charge in [-0.25, -0.2) is 4.52 Å². The van der Waals surface area contributed by atoms with Crippen LogP contribution >= 0.6 is 0 Å². The Morgan fingerprint density at radius 2 is 2.24 bits per heavy atom. The van der Waals surface area contributed by atoms with Crippen molar-refractivity contribution in [3.05, 3.63) is 35.0 Å². The number of aromatic nitrogens is 3. The van der Waals surface area contributed by atoms with Gasteiger partial charge in [0, 0.05) is 25.0 Å². The van der Waals surface area contributed by atoms with E-state index in [1.54, 1.807) is 27.5 Å². The molecule has 92 valence electrons. The third-order valence-corrected chi connectivity index (χ3v) is 2.94. The van der Waals surface area contributed by atoms with Gasteiger partial charge in [-0.05, 0) is 19.0 Å². The van der Waals surface area contributed by atoms with Gasteiger partial charge in [-0.15, -0.1) is 0 Å². The number of likely N-dealkylation sites (N-methyl/N-ethyl adjacent to an activating group) is 1. The molecular formula is C12H18N4O. The van der Waals surface area contributed by atoms with E-state index in [0.717, 1.165) is 13.0 Å². The summed E-state index contributed by atoms with van der Waals surface area (Å²) in [4.78, 5) is 12.1. The molecule has 2 aromatic heterocycles. The molecule has 5 heteroatoms. The molecule has 0 aliphatic carbocycles. The lowest BCUT2D eigenvalue weighted by Gasteiger charge is -2.17. The summed E-state index contributed by atoms with van der Waals surface area (Å²) in [6.07, 6.45) is 6.26. The SMILES string of the molecule is CCNC(CC)Cn1ccn2nccc2c1=O. The number of hydrogen-bond acceptors (Lipinski definition) is 3. The summed E-state index contributed by atoms with van der Waals surface area (Å²) in [6, 6.07) is 2.08. The monoisotopic (exact) mass is 234 g/mol. The van der Waals surface area contributed by atoms with Crippen molar-refractivity contribution in [3.8, 4) is 0 Å². The molecule has 1 unspecified atom stereocenters. The highest BCUT2D eigenvalue weighted by atomic mass is 16.1. The highest BCUT2D eigenvalue weighted by Crippen LogP contribution is 1.98. The molecule has 0 radical (unpaired) electrons. The molecule has 17 heavy (non-hydrogen) atoms. The molecule has 2 aromatic rings. The van der Waals surface area contributed by atoms with Gasteiger partial charge in [0.05, 0.1) is 6.20 Å². The average Bonchev–Trinajstić information content (AvgIpc) is 2.80. The quantitative estimate of drug-likeness (QED) is 0.835. The van der Waals surface area contributed by atoms with Crippen LogP contribution in [0.25, 0.3) is 5.52 Å². The van der Waals surface area contributed by atoms with Crippen molar-refractivity contribution < 1.29 is 0 Å². The molecule has 0 saturated carbocycles. The Hall–Kier alpha value is -1.62. The third-order valence-electron chi connectivity index (χ3n) is 2.94. The summed E-state index contributed by atoms with van der Waals surface area (Å²) >= 11 is 0. The highest BCUT2D eigenvalue weighted by molar-refractivity contribution is 5.42. The van der Waals surface area contributed by atoms with Crippen molar-refractivity contribution >= 4 is 5.52 Å². The number of hydrogen-bond donors (Lipinski definition) is 1. The first-order valence-electron chi connectivity index (χ1n) is 6.02. The summed E-state index contributed by atoms with van der Waals surface area (Å²) in [5.74, 6) is 0. The summed E-state index contributed by atoms with van der Waals surface area (Å²) in [5.41, 5.74) is 0.639. The molecule has 0 aliphatic rings. The molecule has 0 aromatic carbocycles. The van der Waals surface area contributed by atoms with Gasteiger partial charge in [0.1, 0.15) is 5.52 Å². The molecule has 1 atom stereocenters. The Labute approximate surface area is 100 Å². The van der Waals surface area contributed by atoms with Crippen LogP contribution in [-0.4, -0.2) is 26.8 Å². The molecule has 2 heterocycles. The molecule has 0 fully saturated rings. The van der Waals surface area contributed by atoms with Gasteiger partial charge in [-0.2, -0.15) is 5.10 Å². The Kier molecular flexibility index (Phi) is 3.58. The lowest BCUT2D eigenvalue weighted by Crippen LogP contribution is -2.36. The maximum absolute atomic E-state index is 12.1. The predicted octanol–water partition coefficient (Wildman–Crippen LogP) is 0.884. The zero-order valence-electron chi connectivity index (χ0n) is 10.3. The molecule has 1 N–H and O–H groups in total. The van der Waals surface area contributed by atoms with Crippen LogP contribution in [0.5, 0.6) is 0 Å².